The van der Waals surface area contributed by atoms with Gasteiger partial charge in [0.25, 0.3) is 0 Å². The van der Waals surface area contributed by atoms with Crippen molar-refractivity contribution in [3.05, 3.63) is 29.8 Å². The fraction of sp³-hybridized carbons (Fsp3) is 0.533. The number of carbonyl (C=O) groups is 1. The van der Waals surface area contributed by atoms with Gasteiger partial charge in [-0.05, 0) is 40.0 Å². The number of hydrogen-bond acceptors (Lipinski definition) is 4. The summed E-state index contributed by atoms with van der Waals surface area (Å²) in [5.41, 5.74) is 0.167. The normalized spacial score (nSPS) is 11.7. The molecule has 0 aromatic heterocycles. The van der Waals surface area contributed by atoms with Crippen LogP contribution in [-0.2, 0) is 0 Å². The van der Waals surface area contributed by atoms with Crippen LogP contribution in [0.3, 0.4) is 0 Å². The van der Waals surface area contributed by atoms with E-state index in [0.29, 0.717) is 17.9 Å². The number of benzene rings is 1. The van der Waals surface area contributed by atoms with E-state index in [4.69, 9.17) is 4.74 Å². The number of aliphatic hydroxyl groups excluding tert-OH is 1. The Hall–Kier alpha value is -1.39. The summed E-state index contributed by atoms with van der Waals surface area (Å²) in [5, 5.41) is 9.31. The van der Waals surface area contributed by atoms with Crippen molar-refractivity contribution in [2.45, 2.75) is 26.3 Å². The molecule has 4 nitrogen and oxygen atoms in total. The quantitative estimate of drug-likeness (QED) is 0.766. The Morgan fingerprint density at radius 2 is 2.00 bits per heavy atom. The summed E-state index contributed by atoms with van der Waals surface area (Å²) in [6.07, 6.45) is 0. The lowest BCUT2D eigenvalue weighted by Crippen LogP contribution is -2.46. The largest absolute Gasteiger partial charge is 0.493 e. The van der Waals surface area contributed by atoms with Crippen molar-refractivity contribution in [2.24, 2.45) is 0 Å². The molecule has 0 fully saturated rings. The van der Waals surface area contributed by atoms with Gasteiger partial charge >= 0.3 is 0 Å². The van der Waals surface area contributed by atoms with Crippen LogP contribution in [0.4, 0.5) is 0 Å². The van der Waals surface area contributed by atoms with E-state index in [0.717, 1.165) is 0 Å². The molecule has 1 aromatic carbocycles. The summed E-state index contributed by atoms with van der Waals surface area (Å²) in [5.74, 6) is 0.610. The number of Topliss-reactive ketones (excluding diaryl/α,β-unsaturated/α-hetero) is 1. The molecule has 0 radical (unpaired) electrons. The Labute approximate surface area is 115 Å². The van der Waals surface area contributed by atoms with Gasteiger partial charge in [0.2, 0.25) is 0 Å². The number of aliphatic hydroxyl groups is 1. The molecule has 0 aliphatic carbocycles. The standard InChI is InChI=1S/C15H23NO3/c1-5-19-14-9-7-6-8-12(14)13(18)10-16(4)15(2,3)11-17/h6-9,17H,5,10-11H2,1-4H3. The highest BCUT2D eigenvalue weighted by Crippen LogP contribution is 2.20. The molecule has 19 heavy (non-hydrogen) atoms. The zero-order valence-corrected chi connectivity index (χ0v) is 12.1. The maximum absolute atomic E-state index is 12.3. The van der Waals surface area contributed by atoms with E-state index >= 15 is 0 Å². The van der Waals surface area contributed by atoms with Crippen LogP contribution in [-0.4, -0.2) is 48.1 Å². The number of ether oxygens (including phenoxy) is 1. The van der Waals surface area contributed by atoms with Gasteiger partial charge in [-0.3, -0.25) is 9.69 Å². The average molecular weight is 265 g/mol. The van der Waals surface area contributed by atoms with E-state index in [1.54, 1.807) is 12.1 Å². The van der Waals surface area contributed by atoms with Crippen LogP contribution in [0, 0.1) is 0 Å². The fourth-order valence-electron chi connectivity index (χ4n) is 1.61. The van der Waals surface area contributed by atoms with E-state index < -0.39 is 5.54 Å². The van der Waals surface area contributed by atoms with Crippen molar-refractivity contribution >= 4 is 5.78 Å². The fourth-order valence-corrected chi connectivity index (χ4v) is 1.61. The van der Waals surface area contributed by atoms with Crippen molar-refractivity contribution in [3.63, 3.8) is 0 Å². The molecule has 0 heterocycles. The Morgan fingerprint density at radius 1 is 1.37 bits per heavy atom. The maximum atomic E-state index is 12.3. The summed E-state index contributed by atoms with van der Waals surface area (Å²) in [6, 6.07) is 7.25. The summed E-state index contributed by atoms with van der Waals surface area (Å²) in [4.78, 5) is 14.2. The van der Waals surface area contributed by atoms with Gasteiger partial charge in [0, 0.05) is 5.54 Å². The van der Waals surface area contributed by atoms with Gasteiger partial charge in [-0.2, -0.15) is 0 Å². The second-order valence-electron chi connectivity index (χ2n) is 5.18. The minimum absolute atomic E-state index is 0.00386. The van der Waals surface area contributed by atoms with Gasteiger partial charge in [-0.15, -0.1) is 0 Å². The predicted octanol–water partition coefficient (Wildman–Crippen LogP) is 1.97. The monoisotopic (exact) mass is 265 g/mol. The lowest BCUT2D eigenvalue weighted by atomic mass is 10.0. The second kappa shape index (κ2) is 6.68. The molecule has 4 heteroatoms. The van der Waals surface area contributed by atoms with Crippen LogP contribution in [0.2, 0.25) is 0 Å². The third-order valence-corrected chi connectivity index (χ3v) is 3.29. The highest BCUT2D eigenvalue weighted by atomic mass is 16.5. The average Bonchev–Trinajstić information content (AvgIpc) is 2.39. The van der Waals surface area contributed by atoms with E-state index in [1.807, 2.05) is 44.9 Å². The minimum atomic E-state index is -0.420. The Bertz CT molecular complexity index is 429. The first-order valence-electron chi connectivity index (χ1n) is 6.49. The summed E-state index contributed by atoms with van der Waals surface area (Å²) >= 11 is 0. The first-order chi connectivity index (χ1) is 8.92. The molecular weight excluding hydrogens is 242 g/mol. The molecular formula is C15H23NO3. The number of nitrogens with zero attached hydrogens (tertiary/aromatic N) is 1. The van der Waals surface area contributed by atoms with Gasteiger partial charge < -0.3 is 9.84 Å². The zero-order valence-electron chi connectivity index (χ0n) is 12.1. The van der Waals surface area contributed by atoms with E-state index in [-0.39, 0.29) is 18.9 Å². The van der Waals surface area contributed by atoms with E-state index in [1.165, 1.54) is 0 Å². The highest BCUT2D eigenvalue weighted by molar-refractivity contribution is 6.00. The third kappa shape index (κ3) is 4.04. The number of likely N-dealkylation sites (N-methyl/N-ethyl adjacent to an activating group) is 1. The number of ketones is 1. The number of para-hydroxylation sites is 1. The summed E-state index contributed by atoms with van der Waals surface area (Å²) < 4.78 is 5.46. The van der Waals surface area contributed by atoms with Crippen LogP contribution in [0.5, 0.6) is 5.75 Å². The minimum Gasteiger partial charge on any atom is -0.493 e. The van der Waals surface area contributed by atoms with Crippen molar-refractivity contribution in [2.75, 3.05) is 26.8 Å². The molecule has 0 aliphatic heterocycles. The number of hydrogen-bond donors (Lipinski definition) is 1. The van der Waals surface area contributed by atoms with Crippen LogP contribution in [0.25, 0.3) is 0 Å². The van der Waals surface area contributed by atoms with Gasteiger partial charge in [-0.1, -0.05) is 12.1 Å². The van der Waals surface area contributed by atoms with E-state index in [9.17, 15) is 9.90 Å². The maximum Gasteiger partial charge on any atom is 0.180 e. The lowest BCUT2D eigenvalue weighted by Gasteiger charge is -2.33. The number of rotatable bonds is 7. The molecule has 0 aliphatic rings. The van der Waals surface area contributed by atoms with Crippen molar-refractivity contribution < 1.29 is 14.6 Å². The first-order valence-corrected chi connectivity index (χ1v) is 6.49. The van der Waals surface area contributed by atoms with E-state index in [2.05, 4.69) is 0 Å². The van der Waals surface area contributed by atoms with Gasteiger partial charge in [0.05, 0.1) is 25.3 Å². The summed E-state index contributed by atoms with van der Waals surface area (Å²) in [6.45, 7) is 6.47. The SMILES string of the molecule is CCOc1ccccc1C(=O)CN(C)C(C)(C)CO. The molecule has 0 saturated heterocycles. The predicted molar refractivity (Wildman–Crippen MR) is 75.7 cm³/mol. The Kier molecular flexibility index (Phi) is 5.51. The molecule has 0 bridgehead atoms. The summed E-state index contributed by atoms with van der Waals surface area (Å²) in [7, 11) is 1.83. The molecule has 0 spiro atoms. The Balaban J connectivity index is 2.84. The first kappa shape index (κ1) is 15.7. The Morgan fingerprint density at radius 3 is 2.58 bits per heavy atom. The molecule has 0 atom stereocenters. The van der Waals surface area contributed by atoms with Crippen molar-refractivity contribution in [1.82, 2.24) is 4.90 Å². The molecule has 1 N–H and O–H groups in total. The second-order valence-corrected chi connectivity index (χ2v) is 5.18. The molecule has 0 saturated carbocycles. The van der Waals surface area contributed by atoms with Gasteiger partial charge in [-0.25, -0.2) is 0 Å². The van der Waals surface area contributed by atoms with Crippen LogP contribution in [0.1, 0.15) is 31.1 Å². The molecule has 106 valence electrons. The van der Waals surface area contributed by atoms with Crippen molar-refractivity contribution in [1.29, 1.82) is 0 Å². The third-order valence-electron chi connectivity index (χ3n) is 3.29. The highest BCUT2D eigenvalue weighted by Gasteiger charge is 2.25. The molecule has 1 aromatic rings. The smallest absolute Gasteiger partial charge is 0.180 e. The molecule has 0 unspecified atom stereocenters. The van der Waals surface area contributed by atoms with Gasteiger partial charge in [0.1, 0.15) is 5.75 Å². The molecule has 1 rings (SSSR count). The topological polar surface area (TPSA) is 49.8 Å². The number of carbonyl (C=O) groups excluding carboxylic acids is 1. The van der Waals surface area contributed by atoms with Crippen LogP contribution < -0.4 is 4.74 Å². The zero-order chi connectivity index (χ0) is 14.5. The lowest BCUT2D eigenvalue weighted by molar-refractivity contribution is 0.0657. The van der Waals surface area contributed by atoms with Crippen molar-refractivity contribution in [3.8, 4) is 5.75 Å². The van der Waals surface area contributed by atoms with Gasteiger partial charge in [0.15, 0.2) is 5.78 Å². The molecule has 0 amide bonds. The van der Waals surface area contributed by atoms with Crippen LogP contribution in [0.15, 0.2) is 24.3 Å². The van der Waals surface area contributed by atoms with Crippen LogP contribution >= 0.6 is 0 Å².